The van der Waals surface area contributed by atoms with E-state index in [1.165, 1.54) is 0 Å². The first kappa shape index (κ1) is 14.6. The van der Waals surface area contributed by atoms with E-state index in [4.69, 9.17) is 18.9 Å². The predicted octanol–water partition coefficient (Wildman–Crippen LogP) is 2.51. The molecule has 0 atom stereocenters. The third-order valence-corrected chi connectivity index (χ3v) is 3.77. The summed E-state index contributed by atoms with van der Waals surface area (Å²) in [6.07, 6.45) is 1.09. The van der Waals surface area contributed by atoms with E-state index in [-0.39, 0.29) is 6.29 Å². The van der Waals surface area contributed by atoms with Crippen molar-refractivity contribution < 1.29 is 24.1 Å². The van der Waals surface area contributed by atoms with Gasteiger partial charge >= 0.3 is 0 Å². The van der Waals surface area contributed by atoms with Crippen molar-refractivity contribution in [2.75, 3.05) is 26.4 Å². The zero-order valence-corrected chi connectivity index (χ0v) is 12.6. The molecule has 0 bridgehead atoms. The molecule has 116 valence electrons. The molecule has 0 amide bonds. The van der Waals surface area contributed by atoms with Crippen molar-refractivity contribution in [2.24, 2.45) is 0 Å². The summed E-state index contributed by atoms with van der Waals surface area (Å²) in [5.74, 6) is 1.33. The first-order valence-electron chi connectivity index (χ1n) is 7.57. The number of hydrogen-bond donors (Lipinski definition) is 1. The van der Waals surface area contributed by atoms with Crippen LogP contribution in [0.1, 0.15) is 44.1 Å². The van der Waals surface area contributed by atoms with Crippen molar-refractivity contribution >= 4 is 0 Å². The van der Waals surface area contributed by atoms with E-state index in [9.17, 15) is 5.11 Å². The Morgan fingerprint density at radius 1 is 1.10 bits per heavy atom. The van der Waals surface area contributed by atoms with Gasteiger partial charge in [-0.25, -0.2) is 0 Å². The molecule has 5 nitrogen and oxygen atoms in total. The molecule has 1 saturated heterocycles. The van der Waals surface area contributed by atoms with E-state index in [1.807, 2.05) is 26.0 Å². The number of hydrogen-bond acceptors (Lipinski definition) is 5. The fourth-order valence-corrected chi connectivity index (χ4v) is 2.66. The summed E-state index contributed by atoms with van der Waals surface area (Å²) in [6, 6.07) is 3.79. The van der Waals surface area contributed by atoms with Gasteiger partial charge in [-0.2, -0.15) is 0 Å². The van der Waals surface area contributed by atoms with Crippen molar-refractivity contribution in [1.82, 2.24) is 0 Å². The first-order valence-corrected chi connectivity index (χ1v) is 7.57. The molecule has 1 N–H and O–H groups in total. The molecule has 1 heterocycles. The maximum atomic E-state index is 10.5. The lowest BCUT2D eigenvalue weighted by molar-refractivity contribution is -0.0444. The van der Waals surface area contributed by atoms with Crippen molar-refractivity contribution in [2.45, 2.75) is 38.6 Å². The normalized spacial score (nSPS) is 20.5. The van der Waals surface area contributed by atoms with E-state index in [1.54, 1.807) is 0 Å². The highest BCUT2D eigenvalue weighted by Gasteiger charge is 2.47. The molecule has 2 aliphatic rings. The zero-order valence-electron chi connectivity index (χ0n) is 12.6. The van der Waals surface area contributed by atoms with E-state index < -0.39 is 5.60 Å². The molecule has 5 heteroatoms. The van der Waals surface area contributed by atoms with Gasteiger partial charge in [-0.1, -0.05) is 0 Å². The molecule has 0 aromatic heterocycles. The molecule has 1 aliphatic carbocycles. The zero-order chi connectivity index (χ0) is 14.9. The molecule has 3 rings (SSSR count). The van der Waals surface area contributed by atoms with Crippen LogP contribution in [-0.2, 0) is 15.1 Å². The van der Waals surface area contributed by atoms with Gasteiger partial charge in [0.05, 0.1) is 37.6 Å². The number of ether oxygens (including phenoxy) is 4. The molecule has 0 spiro atoms. The van der Waals surface area contributed by atoms with Gasteiger partial charge < -0.3 is 24.1 Å². The van der Waals surface area contributed by atoms with Crippen LogP contribution in [0, 0.1) is 0 Å². The Morgan fingerprint density at radius 2 is 1.62 bits per heavy atom. The van der Waals surface area contributed by atoms with Gasteiger partial charge in [-0.05, 0) is 38.8 Å². The Hall–Kier alpha value is -1.30. The minimum Gasteiger partial charge on any atom is -0.493 e. The Labute approximate surface area is 124 Å². The number of rotatable bonds is 6. The summed E-state index contributed by atoms with van der Waals surface area (Å²) < 4.78 is 22.6. The van der Waals surface area contributed by atoms with Gasteiger partial charge in [0.15, 0.2) is 6.29 Å². The summed E-state index contributed by atoms with van der Waals surface area (Å²) in [5.41, 5.74) is 0.811. The summed E-state index contributed by atoms with van der Waals surface area (Å²) >= 11 is 0. The lowest BCUT2D eigenvalue weighted by Crippen LogP contribution is -2.13. The molecule has 1 aromatic carbocycles. The second kappa shape index (κ2) is 5.83. The van der Waals surface area contributed by atoms with Crippen molar-refractivity contribution in [3.63, 3.8) is 0 Å². The average Bonchev–Trinajstić information content (AvgIpc) is 3.00. The Kier molecular flexibility index (Phi) is 4.06. The highest BCUT2D eigenvalue weighted by molar-refractivity contribution is 5.53. The maximum Gasteiger partial charge on any atom is 0.184 e. The molecule has 2 fully saturated rings. The second-order valence-electron chi connectivity index (χ2n) is 5.36. The Bertz CT molecular complexity index is 476. The van der Waals surface area contributed by atoms with Gasteiger partial charge in [0.2, 0.25) is 0 Å². The SMILES string of the molecule is CCOc1cc(C2OCCO2)cc(OCC)c1C1(O)CC1. The van der Waals surface area contributed by atoms with Gasteiger partial charge in [-0.15, -0.1) is 0 Å². The van der Waals surface area contributed by atoms with Crippen LogP contribution in [0.15, 0.2) is 12.1 Å². The van der Waals surface area contributed by atoms with E-state index >= 15 is 0 Å². The summed E-state index contributed by atoms with van der Waals surface area (Å²) in [6.45, 7) is 6.09. The fraction of sp³-hybridized carbons (Fsp3) is 0.625. The Balaban J connectivity index is 2.04. The van der Waals surface area contributed by atoms with Crippen LogP contribution < -0.4 is 9.47 Å². The summed E-state index contributed by atoms with van der Waals surface area (Å²) in [4.78, 5) is 0. The predicted molar refractivity (Wildman–Crippen MR) is 76.6 cm³/mol. The minimum atomic E-state index is -0.815. The lowest BCUT2D eigenvalue weighted by Gasteiger charge is -2.21. The number of aliphatic hydroxyl groups is 1. The average molecular weight is 294 g/mol. The molecule has 0 radical (unpaired) electrons. The third kappa shape index (κ3) is 2.86. The van der Waals surface area contributed by atoms with E-state index in [0.29, 0.717) is 37.9 Å². The molecule has 1 saturated carbocycles. The van der Waals surface area contributed by atoms with Crippen molar-refractivity contribution in [1.29, 1.82) is 0 Å². The third-order valence-electron chi connectivity index (χ3n) is 3.77. The molecular weight excluding hydrogens is 272 g/mol. The lowest BCUT2D eigenvalue weighted by atomic mass is 10.0. The molecule has 0 unspecified atom stereocenters. The van der Waals surface area contributed by atoms with Gasteiger partial charge in [0.1, 0.15) is 11.5 Å². The van der Waals surface area contributed by atoms with Gasteiger partial charge in [0.25, 0.3) is 0 Å². The maximum absolute atomic E-state index is 10.5. The monoisotopic (exact) mass is 294 g/mol. The topological polar surface area (TPSA) is 57.2 Å². The van der Waals surface area contributed by atoms with Crippen LogP contribution in [0.2, 0.25) is 0 Å². The minimum absolute atomic E-state index is 0.383. The van der Waals surface area contributed by atoms with Gasteiger partial charge in [-0.3, -0.25) is 0 Å². The van der Waals surface area contributed by atoms with Crippen LogP contribution >= 0.6 is 0 Å². The van der Waals surface area contributed by atoms with E-state index in [0.717, 1.165) is 24.0 Å². The summed E-state index contributed by atoms with van der Waals surface area (Å²) in [7, 11) is 0. The fourth-order valence-electron chi connectivity index (χ4n) is 2.66. The van der Waals surface area contributed by atoms with Crippen LogP contribution in [0.25, 0.3) is 0 Å². The molecule has 21 heavy (non-hydrogen) atoms. The van der Waals surface area contributed by atoms with Crippen molar-refractivity contribution in [3.8, 4) is 11.5 Å². The standard InChI is InChI=1S/C16H22O5/c1-3-18-12-9-11(15-20-7-8-21-15)10-13(19-4-2)14(12)16(17)5-6-16/h9-10,15,17H,3-8H2,1-2H3. The van der Waals surface area contributed by atoms with Crippen LogP contribution in [0.3, 0.4) is 0 Å². The number of benzene rings is 1. The van der Waals surface area contributed by atoms with Crippen LogP contribution in [0.5, 0.6) is 11.5 Å². The second-order valence-corrected chi connectivity index (χ2v) is 5.36. The van der Waals surface area contributed by atoms with Crippen molar-refractivity contribution in [3.05, 3.63) is 23.3 Å². The Morgan fingerprint density at radius 3 is 2.05 bits per heavy atom. The summed E-state index contributed by atoms with van der Waals surface area (Å²) in [5, 5.41) is 10.5. The molecular formula is C16H22O5. The molecule has 1 aliphatic heterocycles. The largest absolute Gasteiger partial charge is 0.493 e. The molecule has 1 aromatic rings. The van der Waals surface area contributed by atoms with E-state index in [2.05, 4.69) is 0 Å². The van der Waals surface area contributed by atoms with Crippen LogP contribution in [-0.4, -0.2) is 31.5 Å². The smallest absolute Gasteiger partial charge is 0.184 e. The quantitative estimate of drug-likeness (QED) is 0.873. The van der Waals surface area contributed by atoms with Gasteiger partial charge in [0, 0.05) is 5.56 Å². The van der Waals surface area contributed by atoms with Crippen LogP contribution in [0.4, 0.5) is 0 Å². The highest BCUT2D eigenvalue weighted by Crippen LogP contribution is 2.53. The highest BCUT2D eigenvalue weighted by atomic mass is 16.7. The first-order chi connectivity index (χ1) is 10.2.